The van der Waals surface area contributed by atoms with E-state index in [-0.39, 0.29) is 11.8 Å². The highest BCUT2D eigenvalue weighted by atomic mass is 16.5. The molecule has 7 heteroatoms. The number of hydrogen-bond donors (Lipinski definition) is 1. The van der Waals surface area contributed by atoms with Crippen molar-refractivity contribution in [3.8, 4) is 5.75 Å². The van der Waals surface area contributed by atoms with Gasteiger partial charge in [-0.2, -0.15) is 0 Å². The maximum absolute atomic E-state index is 12.4. The number of ether oxygens (including phenoxy) is 1. The van der Waals surface area contributed by atoms with E-state index in [1.165, 1.54) is 4.90 Å². The minimum atomic E-state index is -0.672. The van der Waals surface area contributed by atoms with Gasteiger partial charge < -0.3 is 19.9 Å². The first-order valence-electron chi connectivity index (χ1n) is 8.45. The third kappa shape index (κ3) is 4.95. The molecule has 0 aromatic heterocycles. The third-order valence-corrected chi connectivity index (χ3v) is 4.13. The summed E-state index contributed by atoms with van der Waals surface area (Å²) in [5.74, 6) is -0.562. The largest absolute Gasteiger partial charge is 0.497 e. The first-order chi connectivity index (χ1) is 11.9. The zero-order valence-corrected chi connectivity index (χ0v) is 14.9. The smallest absolute Gasteiger partial charge is 0.313 e. The lowest BCUT2D eigenvalue weighted by Gasteiger charge is -2.23. The van der Waals surface area contributed by atoms with Crippen LogP contribution >= 0.6 is 0 Å². The van der Waals surface area contributed by atoms with Gasteiger partial charge >= 0.3 is 11.8 Å². The maximum atomic E-state index is 12.4. The zero-order chi connectivity index (χ0) is 18.4. The highest BCUT2D eigenvalue weighted by molar-refractivity contribution is 6.39. The monoisotopic (exact) mass is 347 g/mol. The van der Waals surface area contributed by atoms with Crippen LogP contribution in [-0.4, -0.2) is 60.8 Å². The van der Waals surface area contributed by atoms with Crippen molar-refractivity contribution in [1.29, 1.82) is 0 Å². The average Bonchev–Trinajstić information content (AvgIpc) is 2.87. The predicted molar refractivity (Wildman–Crippen MR) is 94.2 cm³/mol. The van der Waals surface area contributed by atoms with E-state index < -0.39 is 11.8 Å². The Morgan fingerprint density at radius 1 is 1.00 bits per heavy atom. The van der Waals surface area contributed by atoms with Crippen LogP contribution in [0.15, 0.2) is 24.3 Å². The fourth-order valence-electron chi connectivity index (χ4n) is 2.71. The van der Waals surface area contributed by atoms with E-state index in [9.17, 15) is 14.4 Å². The van der Waals surface area contributed by atoms with E-state index in [4.69, 9.17) is 4.74 Å². The predicted octanol–water partition coefficient (Wildman–Crippen LogP) is 1.35. The SMILES string of the molecule is COc1ccc(NC(=O)C(=O)N2CCCN(C(=O)C(C)C)CC2)cc1. The maximum Gasteiger partial charge on any atom is 0.313 e. The lowest BCUT2D eigenvalue weighted by Crippen LogP contribution is -2.42. The number of anilines is 1. The highest BCUT2D eigenvalue weighted by Crippen LogP contribution is 2.15. The van der Waals surface area contributed by atoms with Crippen molar-refractivity contribution in [2.24, 2.45) is 5.92 Å². The Kier molecular flexibility index (Phi) is 6.38. The molecule has 0 aliphatic carbocycles. The zero-order valence-electron chi connectivity index (χ0n) is 14.9. The Labute approximate surface area is 147 Å². The number of methoxy groups -OCH3 is 1. The fourth-order valence-corrected chi connectivity index (χ4v) is 2.71. The molecule has 7 nitrogen and oxygen atoms in total. The molecule has 3 amide bonds. The molecule has 2 rings (SSSR count). The molecule has 0 radical (unpaired) electrons. The number of hydrogen-bond acceptors (Lipinski definition) is 4. The van der Waals surface area contributed by atoms with E-state index in [1.807, 2.05) is 13.8 Å². The number of rotatable bonds is 3. The van der Waals surface area contributed by atoms with Gasteiger partial charge in [0.1, 0.15) is 5.75 Å². The molecule has 1 N–H and O–H groups in total. The molecular formula is C18H25N3O4. The standard InChI is InChI=1S/C18H25N3O4/c1-13(2)17(23)20-9-4-10-21(12-11-20)18(24)16(22)19-14-5-7-15(25-3)8-6-14/h5-8,13H,4,9-12H2,1-3H3,(H,19,22). The lowest BCUT2D eigenvalue weighted by molar-refractivity contribution is -0.143. The summed E-state index contributed by atoms with van der Waals surface area (Å²) in [6, 6.07) is 6.77. The van der Waals surface area contributed by atoms with Gasteiger partial charge in [0.25, 0.3) is 0 Å². The molecule has 1 aliphatic heterocycles. The third-order valence-electron chi connectivity index (χ3n) is 4.13. The Hall–Kier alpha value is -2.57. The molecule has 0 atom stereocenters. The minimum Gasteiger partial charge on any atom is -0.497 e. The van der Waals surface area contributed by atoms with Crippen molar-refractivity contribution in [2.75, 3.05) is 38.6 Å². The molecule has 0 unspecified atom stereocenters. The number of carbonyl (C=O) groups is 3. The van der Waals surface area contributed by atoms with Crippen LogP contribution in [0.25, 0.3) is 0 Å². The molecule has 1 saturated heterocycles. The molecule has 0 spiro atoms. The second-order valence-corrected chi connectivity index (χ2v) is 6.31. The van der Waals surface area contributed by atoms with Gasteiger partial charge in [0.15, 0.2) is 0 Å². The van der Waals surface area contributed by atoms with Gasteiger partial charge in [-0.05, 0) is 30.7 Å². The number of nitrogens with zero attached hydrogens (tertiary/aromatic N) is 2. The quantitative estimate of drug-likeness (QED) is 0.837. The summed E-state index contributed by atoms with van der Waals surface area (Å²) >= 11 is 0. The van der Waals surface area contributed by atoms with E-state index in [2.05, 4.69) is 5.32 Å². The Morgan fingerprint density at radius 3 is 2.20 bits per heavy atom. The second kappa shape index (κ2) is 8.50. The molecule has 136 valence electrons. The van der Waals surface area contributed by atoms with Crippen molar-refractivity contribution in [2.45, 2.75) is 20.3 Å². The molecule has 1 fully saturated rings. The molecule has 0 saturated carbocycles. The van der Waals surface area contributed by atoms with Crippen LogP contribution in [0.2, 0.25) is 0 Å². The number of nitrogens with one attached hydrogen (secondary N) is 1. The highest BCUT2D eigenvalue weighted by Gasteiger charge is 2.26. The molecule has 0 bridgehead atoms. The summed E-state index contributed by atoms with van der Waals surface area (Å²) in [5.41, 5.74) is 0.533. The lowest BCUT2D eigenvalue weighted by atomic mass is 10.2. The molecule has 1 heterocycles. The Morgan fingerprint density at radius 2 is 1.60 bits per heavy atom. The molecule has 1 aromatic carbocycles. The van der Waals surface area contributed by atoms with Crippen LogP contribution in [0.1, 0.15) is 20.3 Å². The van der Waals surface area contributed by atoms with Gasteiger partial charge in [0.2, 0.25) is 5.91 Å². The van der Waals surface area contributed by atoms with Gasteiger partial charge in [0, 0.05) is 37.8 Å². The van der Waals surface area contributed by atoms with Crippen molar-refractivity contribution in [1.82, 2.24) is 9.80 Å². The first-order valence-corrected chi connectivity index (χ1v) is 8.45. The number of benzene rings is 1. The molecule has 1 aromatic rings. The molecule has 25 heavy (non-hydrogen) atoms. The number of carbonyl (C=O) groups excluding carboxylic acids is 3. The van der Waals surface area contributed by atoms with Crippen LogP contribution in [0.5, 0.6) is 5.75 Å². The summed E-state index contributed by atoms with van der Waals surface area (Å²) in [6.45, 7) is 5.63. The van der Waals surface area contributed by atoms with Crippen LogP contribution in [-0.2, 0) is 14.4 Å². The normalized spacial score (nSPS) is 14.9. The van der Waals surface area contributed by atoms with Gasteiger partial charge in [-0.3, -0.25) is 14.4 Å². The van der Waals surface area contributed by atoms with Crippen molar-refractivity contribution < 1.29 is 19.1 Å². The number of amides is 3. The summed E-state index contributed by atoms with van der Waals surface area (Å²) in [4.78, 5) is 39.9. The summed E-state index contributed by atoms with van der Waals surface area (Å²) in [6.07, 6.45) is 0.667. The van der Waals surface area contributed by atoms with Gasteiger partial charge in [-0.15, -0.1) is 0 Å². The summed E-state index contributed by atoms with van der Waals surface area (Å²) < 4.78 is 5.06. The van der Waals surface area contributed by atoms with Crippen LogP contribution in [0.4, 0.5) is 5.69 Å². The average molecular weight is 347 g/mol. The first kappa shape index (κ1) is 18.8. The van der Waals surface area contributed by atoms with E-state index in [1.54, 1.807) is 36.3 Å². The minimum absolute atomic E-state index is 0.0689. The van der Waals surface area contributed by atoms with Gasteiger partial charge in [0.05, 0.1) is 7.11 Å². The second-order valence-electron chi connectivity index (χ2n) is 6.31. The van der Waals surface area contributed by atoms with Crippen LogP contribution < -0.4 is 10.1 Å². The Bertz CT molecular complexity index is 628. The van der Waals surface area contributed by atoms with E-state index >= 15 is 0 Å². The van der Waals surface area contributed by atoms with Crippen molar-refractivity contribution in [3.63, 3.8) is 0 Å². The van der Waals surface area contributed by atoms with Gasteiger partial charge in [-0.1, -0.05) is 13.8 Å². The fraction of sp³-hybridized carbons (Fsp3) is 0.500. The molecular weight excluding hydrogens is 322 g/mol. The van der Waals surface area contributed by atoms with E-state index in [0.717, 1.165) is 0 Å². The van der Waals surface area contributed by atoms with Crippen LogP contribution in [0, 0.1) is 5.92 Å². The van der Waals surface area contributed by atoms with E-state index in [0.29, 0.717) is 44.0 Å². The Balaban J connectivity index is 1.92. The van der Waals surface area contributed by atoms with Crippen molar-refractivity contribution in [3.05, 3.63) is 24.3 Å². The summed E-state index contributed by atoms with van der Waals surface area (Å²) in [7, 11) is 1.56. The van der Waals surface area contributed by atoms with Gasteiger partial charge in [-0.25, -0.2) is 0 Å². The summed E-state index contributed by atoms with van der Waals surface area (Å²) in [5, 5.41) is 2.60. The topological polar surface area (TPSA) is 79.0 Å². The van der Waals surface area contributed by atoms with Crippen LogP contribution in [0.3, 0.4) is 0 Å². The van der Waals surface area contributed by atoms with Crippen molar-refractivity contribution >= 4 is 23.4 Å². The molecule has 1 aliphatic rings.